The number of urea groups is 1. The van der Waals surface area contributed by atoms with Gasteiger partial charge in [-0.15, -0.1) is 0 Å². The third-order valence-corrected chi connectivity index (χ3v) is 2.17. The first-order valence-electron chi connectivity index (χ1n) is 5.35. The molecule has 94 valence electrons. The highest BCUT2D eigenvalue weighted by Crippen LogP contribution is 1.89. The van der Waals surface area contributed by atoms with Gasteiger partial charge in [-0.3, -0.25) is 9.48 Å². The van der Waals surface area contributed by atoms with E-state index in [1.165, 1.54) is 4.90 Å². The van der Waals surface area contributed by atoms with Gasteiger partial charge in [0, 0.05) is 25.5 Å². The molecule has 1 rings (SSSR count). The number of nitrogens with one attached hydrogen (secondary N) is 1. The van der Waals surface area contributed by atoms with Crippen LogP contribution in [0.25, 0.3) is 0 Å². The van der Waals surface area contributed by atoms with Crippen molar-refractivity contribution in [1.29, 1.82) is 0 Å². The van der Waals surface area contributed by atoms with Gasteiger partial charge in [0.05, 0.1) is 6.54 Å². The van der Waals surface area contributed by atoms with Gasteiger partial charge in [-0.2, -0.15) is 5.10 Å². The van der Waals surface area contributed by atoms with E-state index in [9.17, 15) is 9.59 Å². The van der Waals surface area contributed by atoms with Crippen molar-refractivity contribution in [3.63, 3.8) is 0 Å². The first kappa shape index (κ1) is 13.0. The zero-order valence-corrected chi connectivity index (χ0v) is 9.67. The van der Waals surface area contributed by atoms with Crippen LogP contribution in [0.5, 0.6) is 0 Å². The summed E-state index contributed by atoms with van der Waals surface area (Å²) in [6, 6.07) is 1.42. The molecule has 2 N–H and O–H groups in total. The molecule has 7 nitrogen and oxygen atoms in total. The van der Waals surface area contributed by atoms with Crippen molar-refractivity contribution >= 4 is 12.0 Å². The lowest BCUT2D eigenvalue weighted by atomic mass is 10.5. The van der Waals surface area contributed by atoms with Crippen LogP contribution in [0.4, 0.5) is 4.79 Å². The highest BCUT2D eigenvalue weighted by Gasteiger charge is 2.13. The van der Waals surface area contributed by atoms with Crippen LogP contribution in [0.1, 0.15) is 6.92 Å². The molecule has 0 saturated carbocycles. The molecule has 0 aliphatic rings. The third-order valence-electron chi connectivity index (χ3n) is 2.17. The van der Waals surface area contributed by atoms with E-state index < -0.39 is 5.97 Å². The SMILES string of the molecule is CCN(CC(=O)O)C(=O)NCCn1cccn1. The van der Waals surface area contributed by atoms with Crippen molar-refractivity contribution in [2.24, 2.45) is 0 Å². The van der Waals surface area contributed by atoms with Crippen molar-refractivity contribution in [2.75, 3.05) is 19.6 Å². The number of aromatic nitrogens is 2. The number of likely N-dealkylation sites (N-methyl/N-ethyl adjacent to an activating group) is 1. The number of nitrogens with zero attached hydrogens (tertiary/aromatic N) is 3. The van der Waals surface area contributed by atoms with Crippen LogP contribution in [0, 0.1) is 0 Å². The number of hydrogen-bond acceptors (Lipinski definition) is 3. The molecule has 1 aromatic heterocycles. The molecule has 0 fully saturated rings. The predicted molar refractivity (Wildman–Crippen MR) is 60.5 cm³/mol. The number of carbonyl (C=O) groups is 2. The zero-order chi connectivity index (χ0) is 12.7. The molecule has 0 aliphatic carbocycles. The molecular formula is C10H16N4O3. The fourth-order valence-electron chi connectivity index (χ4n) is 1.31. The second-order valence-electron chi connectivity index (χ2n) is 3.41. The van der Waals surface area contributed by atoms with Crippen molar-refractivity contribution in [2.45, 2.75) is 13.5 Å². The lowest BCUT2D eigenvalue weighted by Gasteiger charge is -2.19. The Bertz CT molecular complexity index is 364. The Morgan fingerprint density at radius 1 is 1.53 bits per heavy atom. The standard InChI is InChI=1S/C10H16N4O3/c1-2-13(8-9(15)16)10(17)11-5-7-14-6-3-4-12-14/h3-4,6H,2,5,7-8H2,1H3,(H,11,17)(H,15,16). The van der Waals surface area contributed by atoms with Crippen LogP contribution in [0.2, 0.25) is 0 Å². The predicted octanol–water partition coefficient (Wildman–Crippen LogP) is -0.000800. The average molecular weight is 240 g/mol. The van der Waals surface area contributed by atoms with E-state index in [0.29, 0.717) is 19.6 Å². The van der Waals surface area contributed by atoms with Gasteiger partial charge in [-0.05, 0) is 13.0 Å². The van der Waals surface area contributed by atoms with Gasteiger partial charge < -0.3 is 15.3 Å². The van der Waals surface area contributed by atoms with Gasteiger partial charge >= 0.3 is 12.0 Å². The Kier molecular flexibility index (Phi) is 4.99. The van der Waals surface area contributed by atoms with Gasteiger partial charge in [0.1, 0.15) is 6.54 Å². The summed E-state index contributed by atoms with van der Waals surface area (Å²) in [5.41, 5.74) is 0. The van der Waals surface area contributed by atoms with E-state index in [1.54, 1.807) is 30.1 Å². The highest BCUT2D eigenvalue weighted by molar-refractivity contribution is 5.79. The van der Waals surface area contributed by atoms with E-state index in [-0.39, 0.29) is 12.6 Å². The zero-order valence-electron chi connectivity index (χ0n) is 9.67. The quantitative estimate of drug-likeness (QED) is 0.732. The lowest BCUT2D eigenvalue weighted by molar-refractivity contribution is -0.137. The molecule has 0 unspecified atom stereocenters. The lowest BCUT2D eigenvalue weighted by Crippen LogP contribution is -2.43. The summed E-state index contributed by atoms with van der Waals surface area (Å²) >= 11 is 0. The maximum atomic E-state index is 11.6. The largest absolute Gasteiger partial charge is 0.480 e. The number of carboxylic acid groups (broad SMARTS) is 1. The molecule has 0 aliphatic heterocycles. The summed E-state index contributed by atoms with van der Waals surface area (Å²) in [4.78, 5) is 23.3. The molecular weight excluding hydrogens is 224 g/mol. The molecule has 1 heterocycles. The molecule has 0 aromatic carbocycles. The summed E-state index contributed by atoms with van der Waals surface area (Å²) in [7, 11) is 0. The van der Waals surface area contributed by atoms with E-state index in [4.69, 9.17) is 5.11 Å². The second kappa shape index (κ2) is 6.51. The van der Waals surface area contributed by atoms with Crippen molar-refractivity contribution in [1.82, 2.24) is 20.0 Å². The van der Waals surface area contributed by atoms with Crippen molar-refractivity contribution in [3.05, 3.63) is 18.5 Å². The molecule has 2 amide bonds. The fraction of sp³-hybridized carbons (Fsp3) is 0.500. The molecule has 0 bridgehead atoms. The van der Waals surface area contributed by atoms with Gasteiger partial charge in [-0.25, -0.2) is 4.79 Å². The highest BCUT2D eigenvalue weighted by atomic mass is 16.4. The summed E-state index contributed by atoms with van der Waals surface area (Å²) in [5, 5.41) is 15.2. The maximum Gasteiger partial charge on any atom is 0.323 e. The average Bonchev–Trinajstić information content (AvgIpc) is 2.78. The Labute approximate surface area is 99.0 Å². The first-order chi connectivity index (χ1) is 8.13. The van der Waals surface area contributed by atoms with Crippen molar-refractivity contribution in [3.8, 4) is 0 Å². The Morgan fingerprint density at radius 2 is 2.29 bits per heavy atom. The number of rotatable bonds is 6. The Hall–Kier alpha value is -2.05. The summed E-state index contributed by atoms with van der Waals surface area (Å²) < 4.78 is 1.69. The molecule has 17 heavy (non-hydrogen) atoms. The third kappa shape index (κ3) is 4.54. The summed E-state index contributed by atoms with van der Waals surface area (Å²) in [6.07, 6.45) is 3.45. The van der Waals surface area contributed by atoms with Crippen LogP contribution >= 0.6 is 0 Å². The number of amides is 2. The Morgan fingerprint density at radius 3 is 2.82 bits per heavy atom. The molecule has 1 aromatic rings. The minimum absolute atomic E-state index is 0.288. The smallest absolute Gasteiger partial charge is 0.323 e. The van der Waals surface area contributed by atoms with Crippen LogP contribution < -0.4 is 5.32 Å². The molecule has 0 saturated heterocycles. The van der Waals surface area contributed by atoms with E-state index in [1.807, 2.05) is 0 Å². The fourth-order valence-corrected chi connectivity index (χ4v) is 1.31. The van der Waals surface area contributed by atoms with Crippen molar-refractivity contribution < 1.29 is 14.7 Å². The minimum Gasteiger partial charge on any atom is -0.480 e. The minimum atomic E-state index is -1.02. The Balaban J connectivity index is 2.29. The summed E-state index contributed by atoms with van der Waals surface area (Å²) in [6.45, 7) is 2.78. The molecule has 0 atom stereocenters. The van der Waals surface area contributed by atoms with E-state index in [0.717, 1.165) is 0 Å². The monoisotopic (exact) mass is 240 g/mol. The van der Waals surface area contributed by atoms with Gasteiger partial charge in [0.25, 0.3) is 0 Å². The van der Waals surface area contributed by atoms with Crippen LogP contribution in [-0.4, -0.2) is 51.4 Å². The maximum absolute atomic E-state index is 11.6. The molecule has 0 radical (unpaired) electrons. The number of carbonyl (C=O) groups excluding carboxylic acids is 1. The first-order valence-corrected chi connectivity index (χ1v) is 5.35. The molecule has 0 spiro atoms. The van der Waals surface area contributed by atoms with Crippen LogP contribution in [0.15, 0.2) is 18.5 Å². The second-order valence-corrected chi connectivity index (χ2v) is 3.41. The van der Waals surface area contributed by atoms with Crippen LogP contribution in [0.3, 0.4) is 0 Å². The topological polar surface area (TPSA) is 87.5 Å². The normalized spacial score (nSPS) is 9.94. The van der Waals surface area contributed by atoms with E-state index in [2.05, 4.69) is 10.4 Å². The van der Waals surface area contributed by atoms with Gasteiger partial charge in [0.2, 0.25) is 0 Å². The van der Waals surface area contributed by atoms with Gasteiger partial charge in [0.15, 0.2) is 0 Å². The van der Waals surface area contributed by atoms with E-state index >= 15 is 0 Å². The molecule has 7 heteroatoms. The summed E-state index contributed by atoms with van der Waals surface area (Å²) in [5.74, 6) is -1.02. The number of hydrogen-bond donors (Lipinski definition) is 2. The number of aliphatic carboxylic acids is 1. The van der Waals surface area contributed by atoms with Gasteiger partial charge in [-0.1, -0.05) is 0 Å². The van der Waals surface area contributed by atoms with Crippen LogP contribution in [-0.2, 0) is 11.3 Å². The number of carboxylic acids is 1.